The molecule has 3 rings (SSSR count). The summed E-state index contributed by atoms with van der Waals surface area (Å²) in [5.74, 6) is 0.972. The van der Waals surface area contributed by atoms with Crippen LogP contribution >= 0.6 is 0 Å². The summed E-state index contributed by atoms with van der Waals surface area (Å²) >= 11 is 0. The number of rotatable bonds is 2. The minimum absolute atomic E-state index is 0.0298. The first kappa shape index (κ1) is 12.7. The fourth-order valence-electron chi connectivity index (χ4n) is 2.11. The Morgan fingerprint density at radius 1 is 1.05 bits per heavy atom. The van der Waals surface area contributed by atoms with Gasteiger partial charge < -0.3 is 10.5 Å². The molecule has 0 fully saturated rings. The van der Waals surface area contributed by atoms with Crippen molar-refractivity contribution in [3.05, 3.63) is 59.7 Å². The molecule has 0 radical (unpaired) electrons. The molecule has 0 bridgehead atoms. The first-order valence-electron chi connectivity index (χ1n) is 5.98. The molecule has 20 heavy (non-hydrogen) atoms. The number of amidine groups is 1. The van der Waals surface area contributed by atoms with Gasteiger partial charge in [-0.2, -0.15) is 0 Å². The first-order chi connectivity index (χ1) is 9.55. The van der Waals surface area contributed by atoms with Crippen molar-refractivity contribution in [1.82, 2.24) is 0 Å². The van der Waals surface area contributed by atoms with E-state index in [9.17, 15) is 8.42 Å². The zero-order valence-corrected chi connectivity index (χ0v) is 11.3. The zero-order valence-electron chi connectivity index (χ0n) is 10.5. The van der Waals surface area contributed by atoms with Gasteiger partial charge in [0.2, 0.25) is 0 Å². The summed E-state index contributed by atoms with van der Waals surface area (Å²) in [6.07, 6.45) is 0. The molecule has 2 N–H and O–H groups in total. The molecule has 5 nitrogen and oxygen atoms in total. The number of nitrogens with zero attached hydrogens (tertiary/aromatic N) is 1. The highest BCUT2D eigenvalue weighted by atomic mass is 32.2. The minimum Gasteiger partial charge on any atom is -0.457 e. The van der Waals surface area contributed by atoms with Crippen molar-refractivity contribution in [3.8, 4) is 11.5 Å². The highest BCUT2D eigenvalue weighted by Gasteiger charge is 2.25. The molecule has 2 aromatic rings. The smallest absolute Gasteiger partial charge is 0.259 e. The Morgan fingerprint density at radius 3 is 2.55 bits per heavy atom. The molecule has 0 saturated carbocycles. The lowest BCUT2D eigenvalue weighted by atomic mass is 10.1. The van der Waals surface area contributed by atoms with Gasteiger partial charge in [-0.1, -0.05) is 30.3 Å². The molecular formula is C14H12N2O3S. The predicted octanol–water partition coefficient (Wildman–Crippen LogP) is 2.03. The fourth-order valence-corrected chi connectivity index (χ4v) is 3.20. The summed E-state index contributed by atoms with van der Waals surface area (Å²) in [6.45, 7) is 0. The number of sulfonamides is 1. The third kappa shape index (κ3) is 2.37. The van der Waals surface area contributed by atoms with E-state index in [1.807, 2.05) is 30.3 Å². The van der Waals surface area contributed by atoms with E-state index in [2.05, 4.69) is 4.40 Å². The molecule has 0 unspecified atom stereocenters. The van der Waals surface area contributed by atoms with Crippen LogP contribution in [0.4, 0.5) is 0 Å². The second-order valence-electron chi connectivity index (χ2n) is 4.41. The van der Waals surface area contributed by atoms with Crippen molar-refractivity contribution >= 4 is 15.9 Å². The van der Waals surface area contributed by atoms with Gasteiger partial charge in [0.1, 0.15) is 17.3 Å². The van der Waals surface area contributed by atoms with Crippen LogP contribution in [-0.4, -0.2) is 14.3 Å². The number of hydrogen-bond donors (Lipinski definition) is 1. The summed E-state index contributed by atoms with van der Waals surface area (Å²) in [4.78, 5) is 0. The predicted molar refractivity (Wildman–Crippen MR) is 76.3 cm³/mol. The highest BCUT2D eigenvalue weighted by molar-refractivity contribution is 7.89. The standard InChI is InChI=1S/C14H12N2O3S/c15-14-13-10(9-20(17,18)16-14)5-4-8-12(13)19-11-6-2-1-3-7-11/h1-8H,9H2,(H2,15,16). The lowest BCUT2D eigenvalue weighted by Crippen LogP contribution is -2.24. The number of benzene rings is 2. The molecular weight excluding hydrogens is 276 g/mol. The van der Waals surface area contributed by atoms with Gasteiger partial charge in [0.15, 0.2) is 0 Å². The second kappa shape index (κ2) is 4.64. The van der Waals surface area contributed by atoms with Crippen molar-refractivity contribution in [2.45, 2.75) is 5.75 Å². The van der Waals surface area contributed by atoms with E-state index in [0.717, 1.165) is 0 Å². The fraction of sp³-hybridized carbons (Fsp3) is 0.0714. The van der Waals surface area contributed by atoms with E-state index in [0.29, 0.717) is 22.6 Å². The second-order valence-corrected chi connectivity index (χ2v) is 6.04. The van der Waals surface area contributed by atoms with Gasteiger partial charge in [-0.05, 0) is 23.8 Å². The van der Waals surface area contributed by atoms with Crippen LogP contribution in [0.25, 0.3) is 0 Å². The SMILES string of the molecule is NC1=NS(=O)(=O)Cc2cccc(Oc3ccccc3)c21. The van der Waals surface area contributed by atoms with Gasteiger partial charge in [-0.3, -0.25) is 0 Å². The van der Waals surface area contributed by atoms with E-state index in [1.54, 1.807) is 18.2 Å². The maximum Gasteiger partial charge on any atom is 0.259 e. The van der Waals surface area contributed by atoms with Crippen molar-refractivity contribution in [3.63, 3.8) is 0 Å². The Morgan fingerprint density at radius 2 is 1.80 bits per heavy atom. The molecule has 1 heterocycles. The number of fused-ring (bicyclic) bond motifs is 1. The van der Waals surface area contributed by atoms with E-state index < -0.39 is 10.0 Å². The molecule has 6 heteroatoms. The van der Waals surface area contributed by atoms with Gasteiger partial charge >= 0.3 is 0 Å². The third-order valence-corrected chi connectivity index (χ3v) is 4.07. The molecule has 0 atom stereocenters. The van der Waals surface area contributed by atoms with Crippen LogP contribution in [0.2, 0.25) is 0 Å². The minimum atomic E-state index is -3.53. The molecule has 0 saturated heterocycles. The van der Waals surface area contributed by atoms with Crippen molar-refractivity contribution in [1.29, 1.82) is 0 Å². The molecule has 0 amide bonds. The summed E-state index contributed by atoms with van der Waals surface area (Å²) in [5.41, 5.74) is 6.92. The number of hydrogen-bond acceptors (Lipinski definition) is 4. The van der Waals surface area contributed by atoms with Gasteiger partial charge in [0.25, 0.3) is 10.0 Å². The van der Waals surface area contributed by atoms with E-state index >= 15 is 0 Å². The van der Waals surface area contributed by atoms with Gasteiger partial charge in [-0.25, -0.2) is 8.42 Å². The molecule has 1 aliphatic heterocycles. The number of nitrogens with two attached hydrogens (primary N) is 1. The molecule has 0 aromatic heterocycles. The van der Waals surface area contributed by atoms with Crippen LogP contribution in [0, 0.1) is 0 Å². The highest BCUT2D eigenvalue weighted by Crippen LogP contribution is 2.31. The van der Waals surface area contributed by atoms with E-state index in [-0.39, 0.29) is 11.6 Å². The Bertz CT molecular complexity index is 783. The molecule has 1 aliphatic rings. The summed E-state index contributed by atoms with van der Waals surface area (Å²) in [5, 5.41) is 0. The van der Waals surface area contributed by atoms with Crippen molar-refractivity contribution < 1.29 is 13.2 Å². The average Bonchev–Trinajstić information content (AvgIpc) is 2.38. The van der Waals surface area contributed by atoms with Crippen LogP contribution in [0.5, 0.6) is 11.5 Å². The first-order valence-corrected chi connectivity index (χ1v) is 7.59. The third-order valence-electron chi connectivity index (χ3n) is 2.92. The van der Waals surface area contributed by atoms with Crippen molar-refractivity contribution in [2.24, 2.45) is 10.1 Å². The van der Waals surface area contributed by atoms with Crippen molar-refractivity contribution in [2.75, 3.05) is 0 Å². The Hall–Kier alpha value is -2.34. The Labute approximate surface area is 116 Å². The monoisotopic (exact) mass is 288 g/mol. The van der Waals surface area contributed by atoms with Crippen LogP contribution in [0.1, 0.15) is 11.1 Å². The van der Waals surface area contributed by atoms with Crippen LogP contribution in [0.3, 0.4) is 0 Å². The number of para-hydroxylation sites is 1. The average molecular weight is 288 g/mol. The van der Waals surface area contributed by atoms with Gasteiger partial charge in [0.05, 0.1) is 11.3 Å². The van der Waals surface area contributed by atoms with Crippen LogP contribution in [-0.2, 0) is 15.8 Å². The molecule has 102 valence electrons. The van der Waals surface area contributed by atoms with E-state index in [1.165, 1.54) is 0 Å². The van der Waals surface area contributed by atoms with Crippen LogP contribution in [0.15, 0.2) is 52.9 Å². The molecule has 2 aromatic carbocycles. The topological polar surface area (TPSA) is 81.8 Å². The van der Waals surface area contributed by atoms with Gasteiger partial charge in [0, 0.05) is 0 Å². The van der Waals surface area contributed by atoms with Crippen LogP contribution < -0.4 is 10.5 Å². The number of ether oxygens (including phenoxy) is 1. The normalized spacial score (nSPS) is 16.1. The molecule has 0 spiro atoms. The quantitative estimate of drug-likeness (QED) is 0.916. The summed E-state index contributed by atoms with van der Waals surface area (Å²) < 4.78 is 32.5. The largest absolute Gasteiger partial charge is 0.457 e. The Kier molecular flexibility index (Phi) is 2.94. The van der Waals surface area contributed by atoms with E-state index in [4.69, 9.17) is 10.5 Å². The lowest BCUT2D eigenvalue weighted by molar-refractivity contribution is 0.481. The molecule has 0 aliphatic carbocycles. The lowest BCUT2D eigenvalue weighted by Gasteiger charge is -2.17. The maximum absolute atomic E-state index is 11.6. The summed E-state index contributed by atoms with van der Waals surface area (Å²) in [6, 6.07) is 14.4. The maximum atomic E-state index is 11.6. The Balaban J connectivity index is 2.07. The van der Waals surface area contributed by atoms with Gasteiger partial charge in [-0.15, -0.1) is 4.40 Å². The summed E-state index contributed by atoms with van der Waals surface area (Å²) in [7, 11) is -3.53. The zero-order chi connectivity index (χ0) is 14.2.